The number of aromatic nitrogens is 1. The first kappa shape index (κ1) is 11.2. The van der Waals surface area contributed by atoms with Gasteiger partial charge < -0.3 is 14.8 Å². The summed E-state index contributed by atoms with van der Waals surface area (Å²) in [6, 6.07) is 6.95. The van der Waals surface area contributed by atoms with E-state index in [0.717, 1.165) is 11.5 Å². The summed E-state index contributed by atoms with van der Waals surface area (Å²) >= 11 is 0. The van der Waals surface area contributed by atoms with Gasteiger partial charge in [0.05, 0.1) is 6.54 Å². The quantitative estimate of drug-likeness (QED) is 0.845. The van der Waals surface area contributed by atoms with Crippen molar-refractivity contribution in [3.05, 3.63) is 47.7 Å². The summed E-state index contributed by atoms with van der Waals surface area (Å²) < 4.78 is 5.39. The molecule has 0 aromatic carbocycles. The van der Waals surface area contributed by atoms with Crippen LogP contribution in [0.25, 0.3) is 0 Å². The molecule has 88 valence electrons. The highest BCUT2D eigenvalue weighted by atomic mass is 16.4. The lowest BCUT2D eigenvalue weighted by Gasteiger charge is -2.04. The third kappa shape index (κ3) is 2.84. The fourth-order valence-corrected chi connectivity index (χ4v) is 1.43. The van der Waals surface area contributed by atoms with Crippen molar-refractivity contribution in [3.8, 4) is 0 Å². The fourth-order valence-electron chi connectivity index (χ4n) is 1.43. The van der Waals surface area contributed by atoms with Gasteiger partial charge in [0.15, 0.2) is 0 Å². The summed E-state index contributed by atoms with van der Waals surface area (Å²) in [4.78, 5) is 14.5. The van der Waals surface area contributed by atoms with Crippen LogP contribution in [0.5, 0.6) is 0 Å². The number of carbonyl (C=O) groups is 1. The van der Waals surface area contributed by atoms with Gasteiger partial charge in [-0.1, -0.05) is 0 Å². The van der Waals surface area contributed by atoms with E-state index in [1.807, 2.05) is 19.1 Å². The van der Waals surface area contributed by atoms with Gasteiger partial charge in [0.25, 0.3) is 0 Å². The van der Waals surface area contributed by atoms with Crippen molar-refractivity contribution < 1.29 is 14.3 Å². The van der Waals surface area contributed by atoms with E-state index < -0.39 is 5.97 Å². The second-order valence-electron chi connectivity index (χ2n) is 3.60. The standard InChI is InChI=1S/C12H12N2O3/c1-8-2-3-10(17-8)7-14-9-4-5-13-11(6-9)12(15)16/h2-6H,7H2,1H3,(H,13,14)(H,15,16). The van der Waals surface area contributed by atoms with Gasteiger partial charge in [-0.2, -0.15) is 0 Å². The van der Waals surface area contributed by atoms with Crippen molar-refractivity contribution in [2.45, 2.75) is 13.5 Å². The summed E-state index contributed by atoms with van der Waals surface area (Å²) in [5.74, 6) is 0.612. The van der Waals surface area contributed by atoms with Crippen LogP contribution in [0.4, 0.5) is 5.69 Å². The van der Waals surface area contributed by atoms with Crippen LogP contribution < -0.4 is 5.32 Å². The van der Waals surface area contributed by atoms with Crippen LogP contribution in [0, 0.1) is 6.92 Å². The molecule has 2 N–H and O–H groups in total. The molecule has 0 aliphatic carbocycles. The molecule has 5 heteroatoms. The van der Waals surface area contributed by atoms with E-state index in [0.29, 0.717) is 12.2 Å². The van der Waals surface area contributed by atoms with Crippen molar-refractivity contribution in [2.24, 2.45) is 0 Å². The van der Waals surface area contributed by atoms with Crippen LogP contribution in [0.15, 0.2) is 34.9 Å². The lowest BCUT2D eigenvalue weighted by atomic mass is 10.3. The average Bonchev–Trinajstić information content (AvgIpc) is 2.73. The van der Waals surface area contributed by atoms with Crippen LogP contribution in [-0.2, 0) is 6.54 Å². The number of carboxylic acids is 1. The number of hydrogen-bond donors (Lipinski definition) is 2. The van der Waals surface area contributed by atoms with E-state index >= 15 is 0 Å². The summed E-state index contributed by atoms with van der Waals surface area (Å²) in [6.07, 6.45) is 1.46. The monoisotopic (exact) mass is 232 g/mol. The van der Waals surface area contributed by atoms with Gasteiger partial charge in [-0.15, -0.1) is 0 Å². The zero-order chi connectivity index (χ0) is 12.3. The molecule has 2 aromatic rings. The Balaban J connectivity index is 2.04. The first-order valence-corrected chi connectivity index (χ1v) is 5.13. The summed E-state index contributed by atoms with van der Waals surface area (Å²) in [7, 11) is 0. The number of anilines is 1. The highest BCUT2D eigenvalue weighted by Gasteiger charge is 2.05. The molecule has 0 spiro atoms. The number of carboxylic acid groups (broad SMARTS) is 1. The van der Waals surface area contributed by atoms with Crippen LogP contribution in [0.1, 0.15) is 22.0 Å². The van der Waals surface area contributed by atoms with Crippen LogP contribution in [0.3, 0.4) is 0 Å². The maximum Gasteiger partial charge on any atom is 0.354 e. The molecule has 0 bridgehead atoms. The minimum Gasteiger partial charge on any atom is -0.477 e. The number of hydrogen-bond acceptors (Lipinski definition) is 4. The maximum absolute atomic E-state index is 10.7. The van der Waals surface area contributed by atoms with E-state index in [-0.39, 0.29) is 5.69 Å². The number of nitrogens with zero attached hydrogens (tertiary/aromatic N) is 1. The van der Waals surface area contributed by atoms with Crippen molar-refractivity contribution in [1.29, 1.82) is 0 Å². The second kappa shape index (κ2) is 4.69. The van der Waals surface area contributed by atoms with Crippen molar-refractivity contribution in [1.82, 2.24) is 4.98 Å². The van der Waals surface area contributed by atoms with Crippen LogP contribution in [0.2, 0.25) is 0 Å². The van der Waals surface area contributed by atoms with Gasteiger partial charge in [0.2, 0.25) is 0 Å². The van der Waals surface area contributed by atoms with Gasteiger partial charge in [-0.3, -0.25) is 0 Å². The molecule has 0 amide bonds. The van der Waals surface area contributed by atoms with Crippen LogP contribution >= 0.6 is 0 Å². The Kier molecular flexibility index (Phi) is 3.09. The normalized spacial score (nSPS) is 10.2. The topological polar surface area (TPSA) is 75.4 Å². The van der Waals surface area contributed by atoms with Crippen molar-refractivity contribution in [3.63, 3.8) is 0 Å². The predicted octanol–water partition coefficient (Wildman–Crippen LogP) is 2.29. The zero-order valence-corrected chi connectivity index (χ0v) is 9.30. The summed E-state index contributed by atoms with van der Waals surface area (Å²) in [5, 5.41) is 11.9. The molecule has 2 heterocycles. The van der Waals surface area contributed by atoms with Crippen LogP contribution in [-0.4, -0.2) is 16.1 Å². The highest BCUT2D eigenvalue weighted by Crippen LogP contribution is 2.12. The Morgan fingerprint density at radius 1 is 1.47 bits per heavy atom. The Hall–Kier alpha value is -2.30. The first-order chi connectivity index (χ1) is 8.15. The maximum atomic E-state index is 10.7. The summed E-state index contributed by atoms with van der Waals surface area (Å²) in [6.45, 7) is 2.38. The predicted molar refractivity (Wildman–Crippen MR) is 62.0 cm³/mol. The number of aryl methyl sites for hydroxylation is 1. The average molecular weight is 232 g/mol. The van der Waals surface area contributed by atoms with Gasteiger partial charge in [0.1, 0.15) is 17.2 Å². The minimum atomic E-state index is -1.04. The number of nitrogens with one attached hydrogen (secondary N) is 1. The minimum absolute atomic E-state index is 0.0191. The largest absolute Gasteiger partial charge is 0.477 e. The molecule has 0 fully saturated rings. The Morgan fingerprint density at radius 3 is 2.94 bits per heavy atom. The number of aromatic carboxylic acids is 1. The van der Waals surface area contributed by atoms with E-state index in [2.05, 4.69) is 10.3 Å². The SMILES string of the molecule is Cc1ccc(CNc2ccnc(C(=O)O)c2)o1. The molecule has 0 aliphatic heterocycles. The fraction of sp³-hybridized carbons (Fsp3) is 0.167. The van der Waals surface area contributed by atoms with Gasteiger partial charge >= 0.3 is 5.97 Å². The first-order valence-electron chi connectivity index (χ1n) is 5.13. The molecule has 0 atom stereocenters. The smallest absolute Gasteiger partial charge is 0.354 e. The zero-order valence-electron chi connectivity index (χ0n) is 9.30. The van der Waals surface area contributed by atoms with E-state index in [1.165, 1.54) is 12.3 Å². The van der Waals surface area contributed by atoms with E-state index in [9.17, 15) is 4.79 Å². The van der Waals surface area contributed by atoms with Crippen molar-refractivity contribution in [2.75, 3.05) is 5.32 Å². The number of furan rings is 1. The third-order valence-corrected chi connectivity index (χ3v) is 2.24. The number of rotatable bonds is 4. The number of pyridine rings is 1. The molecule has 0 saturated carbocycles. The lowest BCUT2D eigenvalue weighted by Crippen LogP contribution is -2.03. The molecule has 0 aliphatic rings. The van der Waals surface area contributed by atoms with Crippen molar-refractivity contribution >= 4 is 11.7 Å². The van der Waals surface area contributed by atoms with Gasteiger partial charge in [-0.05, 0) is 31.2 Å². The molecule has 0 unspecified atom stereocenters. The molecule has 17 heavy (non-hydrogen) atoms. The van der Waals surface area contributed by atoms with Gasteiger partial charge in [0, 0.05) is 11.9 Å². The van der Waals surface area contributed by atoms with E-state index in [4.69, 9.17) is 9.52 Å². The Morgan fingerprint density at radius 2 is 2.29 bits per heavy atom. The highest BCUT2D eigenvalue weighted by molar-refractivity contribution is 5.86. The molecule has 2 aromatic heterocycles. The Bertz CT molecular complexity index is 534. The Labute approximate surface area is 98.1 Å². The molecule has 2 rings (SSSR count). The molecule has 5 nitrogen and oxygen atoms in total. The van der Waals surface area contributed by atoms with Gasteiger partial charge in [-0.25, -0.2) is 9.78 Å². The second-order valence-corrected chi connectivity index (χ2v) is 3.60. The third-order valence-electron chi connectivity index (χ3n) is 2.24. The summed E-state index contributed by atoms with van der Waals surface area (Å²) in [5.41, 5.74) is 0.720. The molecule has 0 radical (unpaired) electrons. The lowest BCUT2D eigenvalue weighted by molar-refractivity contribution is 0.0690. The molecular formula is C12H12N2O3. The molecular weight excluding hydrogens is 220 g/mol. The molecule has 0 saturated heterocycles. The van der Waals surface area contributed by atoms with E-state index in [1.54, 1.807) is 6.07 Å².